The van der Waals surface area contributed by atoms with Crippen molar-refractivity contribution >= 4 is 28.3 Å². The largest absolute Gasteiger partial charge is 0.493 e. The number of methoxy groups -OCH3 is 1. The van der Waals surface area contributed by atoms with E-state index in [9.17, 15) is 4.79 Å². The molecule has 0 fully saturated rings. The van der Waals surface area contributed by atoms with Crippen molar-refractivity contribution in [3.63, 3.8) is 0 Å². The van der Waals surface area contributed by atoms with Crippen LogP contribution in [-0.4, -0.2) is 24.8 Å². The molecular formula is C16H21BrO3. The van der Waals surface area contributed by atoms with Crippen LogP contribution in [0.3, 0.4) is 0 Å². The summed E-state index contributed by atoms with van der Waals surface area (Å²) in [7, 11) is 1.61. The van der Waals surface area contributed by atoms with Gasteiger partial charge in [0.2, 0.25) is 0 Å². The summed E-state index contributed by atoms with van der Waals surface area (Å²) in [6, 6.07) is 5.62. The molecule has 0 saturated carbocycles. The summed E-state index contributed by atoms with van der Waals surface area (Å²) in [5, 5.41) is 0. The predicted octanol–water partition coefficient (Wildman–Crippen LogP) is 4.24. The molecule has 0 aliphatic carbocycles. The van der Waals surface area contributed by atoms with Crippen LogP contribution in [0.25, 0.3) is 6.08 Å². The van der Waals surface area contributed by atoms with Gasteiger partial charge in [0.05, 0.1) is 13.7 Å². The molecule has 0 spiro atoms. The van der Waals surface area contributed by atoms with E-state index in [1.54, 1.807) is 13.2 Å². The second kappa shape index (κ2) is 9.59. The summed E-state index contributed by atoms with van der Waals surface area (Å²) >= 11 is 3.63. The molecule has 0 aliphatic heterocycles. The number of alkyl halides is 1. The van der Waals surface area contributed by atoms with Gasteiger partial charge in [-0.05, 0) is 36.6 Å². The Bertz CT molecular complexity index is 443. The highest BCUT2D eigenvalue weighted by Crippen LogP contribution is 2.29. The monoisotopic (exact) mass is 340 g/mol. The molecule has 0 N–H and O–H groups in total. The van der Waals surface area contributed by atoms with E-state index in [0.29, 0.717) is 17.2 Å². The van der Waals surface area contributed by atoms with Crippen molar-refractivity contribution < 1.29 is 14.3 Å². The lowest BCUT2D eigenvalue weighted by molar-refractivity contribution is -0.104. The number of allylic oxidation sites excluding steroid dienone is 1. The zero-order valence-electron chi connectivity index (χ0n) is 12.0. The fourth-order valence-corrected chi connectivity index (χ4v) is 2.46. The third-order valence-electron chi connectivity index (χ3n) is 2.85. The van der Waals surface area contributed by atoms with Gasteiger partial charge in [0, 0.05) is 4.83 Å². The molecule has 0 aromatic heterocycles. The van der Waals surface area contributed by atoms with Crippen LogP contribution in [0.1, 0.15) is 31.7 Å². The van der Waals surface area contributed by atoms with E-state index in [-0.39, 0.29) is 0 Å². The maximum Gasteiger partial charge on any atom is 0.161 e. The second-order valence-corrected chi connectivity index (χ2v) is 5.72. The van der Waals surface area contributed by atoms with Gasteiger partial charge in [-0.1, -0.05) is 41.4 Å². The standard InChI is InChI=1S/C16H21BrO3/c1-3-5-14(17)9-11-20-15-8-7-13(6-4-10-18)12-16(15)19-2/h4,6-8,10,12,14H,3,5,9,11H2,1-2H3. The molecule has 1 atom stereocenters. The Labute approximate surface area is 129 Å². The molecule has 0 amide bonds. The van der Waals surface area contributed by atoms with Crippen LogP contribution in [-0.2, 0) is 4.79 Å². The molecule has 1 unspecified atom stereocenters. The van der Waals surface area contributed by atoms with Crippen molar-refractivity contribution in [3.8, 4) is 11.5 Å². The van der Waals surface area contributed by atoms with Crippen molar-refractivity contribution in [3.05, 3.63) is 29.8 Å². The first-order valence-electron chi connectivity index (χ1n) is 6.78. The normalized spacial score (nSPS) is 12.3. The number of hydrogen-bond acceptors (Lipinski definition) is 3. The Kier molecular flexibility index (Phi) is 8.04. The van der Waals surface area contributed by atoms with E-state index in [2.05, 4.69) is 22.9 Å². The molecule has 3 nitrogen and oxygen atoms in total. The number of rotatable bonds is 9. The summed E-state index contributed by atoms with van der Waals surface area (Å²) in [5.41, 5.74) is 0.908. The Morgan fingerprint density at radius 3 is 2.75 bits per heavy atom. The van der Waals surface area contributed by atoms with Crippen LogP contribution in [0.4, 0.5) is 0 Å². The van der Waals surface area contributed by atoms with Gasteiger partial charge in [-0.25, -0.2) is 0 Å². The van der Waals surface area contributed by atoms with Gasteiger partial charge in [0.15, 0.2) is 11.5 Å². The minimum atomic E-state index is 0.494. The molecule has 20 heavy (non-hydrogen) atoms. The molecule has 110 valence electrons. The summed E-state index contributed by atoms with van der Waals surface area (Å²) in [4.78, 5) is 10.8. The summed E-state index contributed by atoms with van der Waals surface area (Å²) in [5.74, 6) is 1.41. The van der Waals surface area contributed by atoms with Crippen LogP contribution < -0.4 is 9.47 Å². The van der Waals surface area contributed by atoms with Crippen molar-refractivity contribution in [2.45, 2.75) is 31.0 Å². The first kappa shape index (κ1) is 16.8. The fraction of sp³-hybridized carbons (Fsp3) is 0.438. The number of hydrogen-bond donors (Lipinski definition) is 0. The highest BCUT2D eigenvalue weighted by Gasteiger charge is 2.07. The smallest absolute Gasteiger partial charge is 0.161 e. The van der Waals surface area contributed by atoms with Crippen LogP contribution in [0.15, 0.2) is 24.3 Å². The first-order valence-corrected chi connectivity index (χ1v) is 7.69. The third kappa shape index (κ3) is 5.78. The maximum atomic E-state index is 10.3. The quantitative estimate of drug-likeness (QED) is 0.383. The summed E-state index contributed by atoms with van der Waals surface area (Å²) in [6.45, 7) is 2.82. The van der Waals surface area contributed by atoms with Gasteiger partial charge in [-0.3, -0.25) is 4.79 Å². The molecule has 1 aromatic carbocycles. The highest BCUT2D eigenvalue weighted by molar-refractivity contribution is 9.09. The van der Waals surface area contributed by atoms with Gasteiger partial charge >= 0.3 is 0 Å². The third-order valence-corrected chi connectivity index (χ3v) is 3.76. The Hall–Kier alpha value is -1.29. The zero-order chi connectivity index (χ0) is 14.8. The molecule has 1 rings (SSSR count). The fourth-order valence-electron chi connectivity index (χ4n) is 1.81. The van der Waals surface area contributed by atoms with E-state index >= 15 is 0 Å². The number of ether oxygens (including phenoxy) is 2. The lowest BCUT2D eigenvalue weighted by Gasteiger charge is -2.13. The van der Waals surface area contributed by atoms with E-state index in [0.717, 1.165) is 36.9 Å². The first-order chi connectivity index (χ1) is 9.71. The topological polar surface area (TPSA) is 35.5 Å². The van der Waals surface area contributed by atoms with E-state index < -0.39 is 0 Å². The maximum absolute atomic E-state index is 10.3. The lowest BCUT2D eigenvalue weighted by atomic mass is 10.2. The molecule has 0 saturated heterocycles. The molecule has 0 heterocycles. The van der Waals surface area contributed by atoms with E-state index in [1.807, 2.05) is 18.2 Å². The van der Waals surface area contributed by atoms with Gasteiger partial charge in [0.25, 0.3) is 0 Å². The van der Waals surface area contributed by atoms with Crippen LogP contribution >= 0.6 is 15.9 Å². The number of halogens is 1. The van der Waals surface area contributed by atoms with Crippen molar-refractivity contribution in [1.82, 2.24) is 0 Å². The highest BCUT2D eigenvalue weighted by atomic mass is 79.9. The van der Waals surface area contributed by atoms with Gasteiger partial charge in [0.1, 0.15) is 6.29 Å². The molecule has 4 heteroatoms. The number of carbonyl (C=O) groups excluding carboxylic acids is 1. The van der Waals surface area contributed by atoms with Crippen molar-refractivity contribution in [2.24, 2.45) is 0 Å². The molecular weight excluding hydrogens is 320 g/mol. The predicted molar refractivity (Wildman–Crippen MR) is 85.8 cm³/mol. The SMILES string of the molecule is CCCC(Br)CCOc1ccc(C=CC=O)cc1OC. The Balaban J connectivity index is 2.61. The van der Waals surface area contributed by atoms with Gasteiger partial charge in [-0.15, -0.1) is 0 Å². The lowest BCUT2D eigenvalue weighted by Crippen LogP contribution is -2.06. The Morgan fingerprint density at radius 2 is 2.10 bits per heavy atom. The minimum Gasteiger partial charge on any atom is -0.493 e. The summed E-state index contributed by atoms with van der Waals surface area (Å²) < 4.78 is 11.1. The number of aldehydes is 1. The number of carbonyl (C=O) groups is 1. The van der Waals surface area contributed by atoms with Crippen molar-refractivity contribution in [1.29, 1.82) is 0 Å². The minimum absolute atomic E-state index is 0.494. The zero-order valence-corrected chi connectivity index (χ0v) is 13.6. The van der Waals surface area contributed by atoms with Crippen molar-refractivity contribution in [2.75, 3.05) is 13.7 Å². The number of benzene rings is 1. The van der Waals surface area contributed by atoms with E-state index in [4.69, 9.17) is 9.47 Å². The van der Waals surface area contributed by atoms with Crippen LogP contribution in [0.2, 0.25) is 0 Å². The Morgan fingerprint density at radius 1 is 1.30 bits per heavy atom. The molecule has 0 bridgehead atoms. The average molecular weight is 341 g/mol. The molecule has 0 aliphatic rings. The summed E-state index contributed by atoms with van der Waals surface area (Å²) in [6.07, 6.45) is 7.21. The van der Waals surface area contributed by atoms with Crippen LogP contribution in [0, 0.1) is 0 Å². The molecule has 0 radical (unpaired) electrons. The van der Waals surface area contributed by atoms with E-state index in [1.165, 1.54) is 6.08 Å². The molecule has 1 aromatic rings. The van der Waals surface area contributed by atoms with Crippen LogP contribution in [0.5, 0.6) is 11.5 Å². The van der Waals surface area contributed by atoms with Gasteiger partial charge in [-0.2, -0.15) is 0 Å². The average Bonchev–Trinajstić information content (AvgIpc) is 2.46. The second-order valence-electron chi connectivity index (χ2n) is 4.43. The van der Waals surface area contributed by atoms with Gasteiger partial charge < -0.3 is 9.47 Å².